The van der Waals surface area contributed by atoms with Crippen LogP contribution >= 0.6 is 0 Å². The Bertz CT molecular complexity index is 3130. The second-order valence-electron chi connectivity index (χ2n) is 13.5. The molecule has 0 amide bonds. The van der Waals surface area contributed by atoms with Crippen molar-refractivity contribution < 1.29 is 0 Å². The molecule has 236 valence electrons. The molecule has 2 heteroatoms. The molecule has 0 N–H and O–H groups in total. The Morgan fingerprint density at radius 3 is 1.53 bits per heavy atom. The summed E-state index contributed by atoms with van der Waals surface area (Å²) in [6.45, 7) is 0. The van der Waals surface area contributed by atoms with Crippen molar-refractivity contribution in [3.8, 4) is 33.4 Å². The van der Waals surface area contributed by atoms with E-state index < -0.39 is 0 Å². The predicted octanol–water partition coefficient (Wildman–Crippen LogP) is 13.3. The van der Waals surface area contributed by atoms with Crippen LogP contribution in [0.4, 0.5) is 0 Å². The van der Waals surface area contributed by atoms with Crippen LogP contribution < -0.4 is 0 Å². The number of benzene rings is 9. The van der Waals surface area contributed by atoms with Crippen LogP contribution in [0.25, 0.3) is 104 Å². The van der Waals surface area contributed by atoms with Gasteiger partial charge in [0.15, 0.2) is 0 Å². The van der Waals surface area contributed by atoms with Gasteiger partial charge in [-0.1, -0.05) is 158 Å². The van der Waals surface area contributed by atoms with Crippen LogP contribution in [0, 0.1) is 0 Å². The Hall–Kier alpha value is -6.77. The van der Waals surface area contributed by atoms with Crippen LogP contribution in [-0.2, 0) is 0 Å². The van der Waals surface area contributed by atoms with Gasteiger partial charge in [0.25, 0.3) is 0 Å². The fourth-order valence-corrected chi connectivity index (χ4v) is 8.42. The normalized spacial score (nSPS) is 11.9. The summed E-state index contributed by atoms with van der Waals surface area (Å²) in [4.78, 5) is 5.23. The highest BCUT2D eigenvalue weighted by atomic mass is 15.0. The monoisotopic (exact) mass is 646 g/mol. The first-order valence-corrected chi connectivity index (χ1v) is 17.6. The smallest absolute Gasteiger partial charge is 0.146 e. The molecular formula is C49H30N2. The largest absolute Gasteiger partial charge is 0.292 e. The Balaban J connectivity index is 1.07. The topological polar surface area (TPSA) is 17.3 Å². The fraction of sp³-hybridized carbons (Fsp3) is 0. The lowest BCUT2D eigenvalue weighted by molar-refractivity contribution is 1.31. The molecule has 0 atom stereocenters. The zero-order valence-electron chi connectivity index (χ0n) is 27.7. The van der Waals surface area contributed by atoms with Gasteiger partial charge in [0.05, 0.1) is 16.6 Å². The van der Waals surface area contributed by atoms with E-state index in [4.69, 9.17) is 4.98 Å². The van der Waals surface area contributed by atoms with Crippen molar-refractivity contribution in [3.63, 3.8) is 0 Å². The Kier molecular flexibility index (Phi) is 5.99. The maximum atomic E-state index is 5.23. The molecule has 0 aliphatic carbocycles. The molecule has 0 radical (unpaired) electrons. The highest BCUT2D eigenvalue weighted by Gasteiger charge is 2.18. The summed E-state index contributed by atoms with van der Waals surface area (Å²) < 4.78 is 2.32. The molecule has 0 fully saturated rings. The molecule has 0 saturated heterocycles. The molecule has 0 aliphatic rings. The number of nitrogens with zero attached hydrogens (tertiary/aromatic N) is 2. The first-order chi connectivity index (χ1) is 25.3. The summed E-state index contributed by atoms with van der Waals surface area (Å²) in [6, 6.07) is 66.3. The molecule has 0 saturated carbocycles. The molecule has 2 aromatic heterocycles. The SMILES string of the molecule is c1ccc2cc(-c3c4ccccc4c(-c4ccc(-c5ccc6c(c5)nc5c7ccccc7c7ccccc7n65)cc4)c4ccccc34)ccc2c1. The van der Waals surface area contributed by atoms with E-state index in [1.54, 1.807) is 0 Å². The first-order valence-electron chi connectivity index (χ1n) is 17.6. The number of pyridine rings is 1. The molecule has 0 aliphatic heterocycles. The molecular weight excluding hydrogens is 617 g/mol. The summed E-state index contributed by atoms with van der Waals surface area (Å²) >= 11 is 0. The van der Waals surface area contributed by atoms with Crippen molar-refractivity contribution >= 4 is 70.7 Å². The lowest BCUT2D eigenvalue weighted by Gasteiger charge is -2.18. The molecule has 0 unspecified atom stereocenters. The summed E-state index contributed by atoms with van der Waals surface area (Å²) in [6.07, 6.45) is 0. The predicted molar refractivity (Wildman–Crippen MR) is 217 cm³/mol. The molecule has 51 heavy (non-hydrogen) atoms. The summed E-state index contributed by atoms with van der Waals surface area (Å²) in [5.74, 6) is 0. The molecule has 9 aromatic carbocycles. The first kappa shape index (κ1) is 28.1. The van der Waals surface area contributed by atoms with Crippen molar-refractivity contribution in [2.45, 2.75) is 0 Å². The van der Waals surface area contributed by atoms with E-state index >= 15 is 0 Å². The van der Waals surface area contributed by atoms with Crippen molar-refractivity contribution in [1.82, 2.24) is 9.38 Å². The van der Waals surface area contributed by atoms with Crippen LogP contribution in [0.5, 0.6) is 0 Å². The Morgan fingerprint density at radius 2 is 0.824 bits per heavy atom. The maximum Gasteiger partial charge on any atom is 0.146 e. The van der Waals surface area contributed by atoms with E-state index in [1.807, 2.05) is 0 Å². The summed E-state index contributed by atoms with van der Waals surface area (Å²) in [7, 11) is 0. The van der Waals surface area contributed by atoms with E-state index in [-0.39, 0.29) is 0 Å². The standard InChI is InChI=1S/C49H30N2/c1-2-12-34-29-36(26-23-31(34)11-1)48-41-17-6-4-15-39(41)47(40-16-5-7-18-42(40)48)33-24-21-32(22-25-33)35-27-28-46-44(30-35)50-49-43-19-8-3-13-37(43)38-14-9-10-20-45(38)51(46)49/h1-30H. The Labute approximate surface area is 294 Å². The van der Waals surface area contributed by atoms with Gasteiger partial charge in [-0.3, -0.25) is 4.40 Å². The Morgan fingerprint density at radius 1 is 0.314 bits per heavy atom. The number of rotatable bonds is 3. The van der Waals surface area contributed by atoms with Crippen LogP contribution in [0.1, 0.15) is 0 Å². The fourth-order valence-electron chi connectivity index (χ4n) is 8.42. The second kappa shape index (κ2) is 10.9. The van der Waals surface area contributed by atoms with Gasteiger partial charge >= 0.3 is 0 Å². The van der Waals surface area contributed by atoms with E-state index in [9.17, 15) is 0 Å². The van der Waals surface area contributed by atoms with Gasteiger partial charge < -0.3 is 0 Å². The molecule has 2 nitrogen and oxygen atoms in total. The molecule has 11 aromatic rings. The van der Waals surface area contributed by atoms with Crippen LogP contribution in [-0.4, -0.2) is 9.38 Å². The minimum Gasteiger partial charge on any atom is -0.292 e. The second-order valence-corrected chi connectivity index (χ2v) is 13.5. The summed E-state index contributed by atoms with van der Waals surface area (Å²) in [5.41, 5.74) is 11.6. The number of para-hydroxylation sites is 1. The van der Waals surface area contributed by atoms with Crippen molar-refractivity contribution in [3.05, 3.63) is 182 Å². The molecule has 0 spiro atoms. The van der Waals surface area contributed by atoms with Gasteiger partial charge in [0, 0.05) is 10.8 Å². The number of hydrogen-bond donors (Lipinski definition) is 0. The maximum absolute atomic E-state index is 5.23. The quantitative estimate of drug-likeness (QED) is 0.138. The van der Waals surface area contributed by atoms with Crippen molar-refractivity contribution in [2.24, 2.45) is 0 Å². The van der Waals surface area contributed by atoms with Gasteiger partial charge in [-0.05, 0) is 95.3 Å². The number of fused-ring (bicyclic) bond motifs is 11. The third kappa shape index (κ3) is 4.20. The van der Waals surface area contributed by atoms with Gasteiger partial charge in [-0.2, -0.15) is 0 Å². The van der Waals surface area contributed by atoms with Crippen LogP contribution in [0.2, 0.25) is 0 Å². The van der Waals surface area contributed by atoms with Crippen LogP contribution in [0.3, 0.4) is 0 Å². The molecule has 11 rings (SSSR count). The van der Waals surface area contributed by atoms with E-state index in [1.165, 1.54) is 81.8 Å². The average Bonchev–Trinajstić information content (AvgIpc) is 3.59. The minimum atomic E-state index is 0.998. The number of aromatic nitrogens is 2. The molecule has 2 heterocycles. The number of imidazole rings is 1. The van der Waals surface area contributed by atoms with Gasteiger partial charge in [-0.15, -0.1) is 0 Å². The average molecular weight is 647 g/mol. The van der Waals surface area contributed by atoms with E-state index in [0.717, 1.165) is 22.2 Å². The highest BCUT2D eigenvalue weighted by Crippen LogP contribution is 2.44. The van der Waals surface area contributed by atoms with Gasteiger partial charge in [0.2, 0.25) is 0 Å². The lowest BCUT2D eigenvalue weighted by Crippen LogP contribution is -1.91. The zero-order chi connectivity index (χ0) is 33.5. The third-order valence-corrected chi connectivity index (χ3v) is 10.7. The van der Waals surface area contributed by atoms with Crippen molar-refractivity contribution in [1.29, 1.82) is 0 Å². The zero-order valence-corrected chi connectivity index (χ0v) is 27.7. The van der Waals surface area contributed by atoms with Crippen LogP contribution in [0.15, 0.2) is 182 Å². The lowest BCUT2D eigenvalue weighted by atomic mass is 9.85. The van der Waals surface area contributed by atoms with Gasteiger partial charge in [0.1, 0.15) is 5.65 Å². The molecule has 0 bridgehead atoms. The highest BCUT2D eigenvalue weighted by molar-refractivity contribution is 6.22. The summed E-state index contributed by atoms with van der Waals surface area (Å²) in [5, 5.41) is 11.2. The minimum absolute atomic E-state index is 0.998. The third-order valence-electron chi connectivity index (χ3n) is 10.7. The van der Waals surface area contributed by atoms with E-state index in [0.29, 0.717) is 0 Å². The van der Waals surface area contributed by atoms with Gasteiger partial charge in [-0.25, -0.2) is 4.98 Å². The van der Waals surface area contributed by atoms with Crippen molar-refractivity contribution in [2.75, 3.05) is 0 Å². The number of hydrogen-bond acceptors (Lipinski definition) is 1. The van der Waals surface area contributed by atoms with E-state index in [2.05, 4.69) is 186 Å².